The van der Waals surface area contributed by atoms with E-state index in [1.54, 1.807) is 17.8 Å². The number of H-pyrrole nitrogens is 1. The number of benzene rings is 2. The second kappa shape index (κ2) is 5.50. The van der Waals surface area contributed by atoms with Gasteiger partial charge in [-0.25, -0.2) is 4.39 Å². The first-order chi connectivity index (χ1) is 9.60. The van der Waals surface area contributed by atoms with E-state index in [4.69, 9.17) is 12.2 Å². The number of halogens is 2. The van der Waals surface area contributed by atoms with Crippen molar-refractivity contribution in [3.8, 4) is 5.69 Å². The monoisotopic (exact) mass is 416 g/mol. The lowest BCUT2D eigenvalue weighted by Gasteiger charge is -2.06. The Balaban J connectivity index is 2.26. The predicted molar refractivity (Wildman–Crippen MR) is 92.9 cm³/mol. The zero-order valence-corrected chi connectivity index (χ0v) is 14.3. The molecule has 0 saturated heterocycles. The van der Waals surface area contributed by atoms with Crippen molar-refractivity contribution < 1.29 is 4.39 Å². The molecule has 0 fully saturated rings. The Morgan fingerprint density at radius 1 is 1.25 bits per heavy atom. The number of nitrogens with zero attached hydrogens (tertiary/aromatic N) is 1. The minimum Gasteiger partial charge on any atom is -0.330 e. The first-order valence-corrected chi connectivity index (χ1v) is 8.55. The maximum atomic E-state index is 13.8. The summed E-state index contributed by atoms with van der Waals surface area (Å²) in [5, 5.41) is 0. The Labute approximate surface area is 138 Å². The fourth-order valence-corrected chi connectivity index (χ4v) is 3.28. The summed E-state index contributed by atoms with van der Waals surface area (Å²) in [5.74, 6) is -0.235. The van der Waals surface area contributed by atoms with Crippen molar-refractivity contribution in [3.63, 3.8) is 0 Å². The molecule has 0 unspecified atom stereocenters. The topological polar surface area (TPSA) is 20.7 Å². The van der Waals surface area contributed by atoms with Crippen molar-refractivity contribution in [3.05, 3.63) is 50.6 Å². The lowest BCUT2D eigenvalue weighted by atomic mass is 10.2. The second-order valence-electron chi connectivity index (χ2n) is 4.25. The summed E-state index contributed by atoms with van der Waals surface area (Å²) in [6.45, 7) is 0. The molecule has 2 nitrogen and oxygen atoms in total. The van der Waals surface area contributed by atoms with Crippen LogP contribution in [0.2, 0.25) is 0 Å². The van der Waals surface area contributed by atoms with Gasteiger partial charge in [-0.1, -0.05) is 0 Å². The number of imidazole rings is 1. The molecule has 2 aromatic carbocycles. The molecule has 0 saturated carbocycles. The number of aromatic nitrogens is 2. The van der Waals surface area contributed by atoms with Crippen molar-refractivity contribution in [2.45, 2.75) is 4.90 Å². The number of hydrogen-bond donors (Lipinski definition) is 1. The van der Waals surface area contributed by atoms with E-state index in [0.717, 1.165) is 16.7 Å². The van der Waals surface area contributed by atoms with Gasteiger partial charge in [0.2, 0.25) is 0 Å². The molecule has 0 aliphatic heterocycles. The zero-order chi connectivity index (χ0) is 14.3. The van der Waals surface area contributed by atoms with Gasteiger partial charge in [-0.2, -0.15) is 0 Å². The Kier molecular flexibility index (Phi) is 3.87. The third-order valence-electron chi connectivity index (χ3n) is 3.05. The summed E-state index contributed by atoms with van der Waals surface area (Å²) < 4.78 is 16.8. The third-order valence-corrected chi connectivity index (χ3v) is 4.91. The molecule has 0 radical (unpaired) electrons. The van der Waals surface area contributed by atoms with Gasteiger partial charge in [-0.3, -0.25) is 4.57 Å². The fraction of sp³-hybridized carbons (Fsp3) is 0.0714. The van der Waals surface area contributed by atoms with Crippen LogP contribution in [0.1, 0.15) is 0 Å². The molecule has 1 N–H and O–H groups in total. The molecule has 3 aromatic rings. The first-order valence-electron chi connectivity index (χ1n) is 5.84. The predicted octanol–water partition coefficient (Wildman–Crippen LogP) is 5.15. The number of hydrogen-bond acceptors (Lipinski definition) is 2. The summed E-state index contributed by atoms with van der Waals surface area (Å²) >= 11 is 9.02. The van der Waals surface area contributed by atoms with Crippen LogP contribution in [-0.4, -0.2) is 15.8 Å². The van der Waals surface area contributed by atoms with Crippen molar-refractivity contribution in [1.29, 1.82) is 0 Å². The maximum Gasteiger partial charge on any atom is 0.182 e. The highest BCUT2D eigenvalue weighted by Crippen LogP contribution is 2.25. The van der Waals surface area contributed by atoms with Gasteiger partial charge in [0.15, 0.2) is 4.77 Å². The van der Waals surface area contributed by atoms with Crippen LogP contribution in [0.4, 0.5) is 4.39 Å². The number of rotatable bonds is 2. The van der Waals surface area contributed by atoms with E-state index in [1.807, 2.05) is 57.7 Å². The summed E-state index contributed by atoms with van der Waals surface area (Å²) in [6.07, 6.45) is 2.03. The summed E-state index contributed by atoms with van der Waals surface area (Å²) in [7, 11) is 0. The van der Waals surface area contributed by atoms with Gasteiger partial charge in [0, 0.05) is 16.6 Å². The molecular formula is C14H10FIN2S2. The van der Waals surface area contributed by atoms with Crippen LogP contribution in [0.15, 0.2) is 41.3 Å². The average molecular weight is 416 g/mol. The average Bonchev–Trinajstić information content (AvgIpc) is 2.75. The van der Waals surface area contributed by atoms with Gasteiger partial charge >= 0.3 is 0 Å². The van der Waals surface area contributed by atoms with E-state index >= 15 is 0 Å². The highest BCUT2D eigenvalue weighted by atomic mass is 127. The molecule has 6 heteroatoms. The van der Waals surface area contributed by atoms with Crippen LogP contribution in [0.25, 0.3) is 16.7 Å². The quantitative estimate of drug-likeness (QED) is 0.354. The first kappa shape index (κ1) is 14.1. The van der Waals surface area contributed by atoms with Crippen LogP contribution in [0.3, 0.4) is 0 Å². The summed E-state index contributed by atoms with van der Waals surface area (Å²) in [4.78, 5) is 4.30. The number of fused-ring (bicyclic) bond motifs is 1. The van der Waals surface area contributed by atoms with E-state index in [0.29, 0.717) is 8.34 Å². The van der Waals surface area contributed by atoms with E-state index in [-0.39, 0.29) is 5.82 Å². The normalized spacial score (nSPS) is 11.2. The lowest BCUT2D eigenvalue weighted by Crippen LogP contribution is -1.94. The molecular weight excluding hydrogens is 406 g/mol. The van der Waals surface area contributed by atoms with E-state index < -0.39 is 0 Å². The molecule has 0 aliphatic rings. The van der Waals surface area contributed by atoms with E-state index in [1.165, 1.54) is 11.0 Å². The highest BCUT2D eigenvalue weighted by Gasteiger charge is 2.10. The standard InChI is InChI=1S/C14H10FIN2S2/c1-20-9-4-2-8(3-5-9)18-13-6-10(15)11(16)7-12(13)17-14(18)19/h2-7H,1H3,(H,17,19). The van der Waals surface area contributed by atoms with Crippen LogP contribution < -0.4 is 0 Å². The van der Waals surface area contributed by atoms with Gasteiger partial charge < -0.3 is 4.98 Å². The van der Waals surface area contributed by atoms with Gasteiger partial charge in [0.25, 0.3) is 0 Å². The summed E-state index contributed by atoms with van der Waals surface area (Å²) in [6, 6.07) is 11.3. The molecule has 3 rings (SSSR count). The molecule has 0 aliphatic carbocycles. The molecule has 20 heavy (non-hydrogen) atoms. The van der Waals surface area contributed by atoms with Crippen LogP contribution in [-0.2, 0) is 0 Å². The van der Waals surface area contributed by atoms with Gasteiger partial charge in [0.1, 0.15) is 5.82 Å². The molecule has 1 heterocycles. The minimum atomic E-state index is -0.235. The van der Waals surface area contributed by atoms with Crippen molar-refractivity contribution in [2.75, 3.05) is 6.26 Å². The Hall–Kier alpha value is -0.860. The van der Waals surface area contributed by atoms with Crippen molar-refractivity contribution in [1.82, 2.24) is 9.55 Å². The Bertz CT molecular complexity index is 837. The van der Waals surface area contributed by atoms with E-state index in [2.05, 4.69) is 4.98 Å². The minimum absolute atomic E-state index is 0.235. The molecule has 1 aromatic heterocycles. The van der Waals surface area contributed by atoms with Crippen LogP contribution >= 0.6 is 46.6 Å². The molecule has 0 amide bonds. The summed E-state index contributed by atoms with van der Waals surface area (Å²) in [5.41, 5.74) is 2.53. The number of aromatic amines is 1. The van der Waals surface area contributed by atoms with Crippen molar-refractivity contribution >= 4 is 57.6 Å². The number of nitrogens with one attached hydrogen (secondary N) is 1. The van der Waals surface area contributed by atoms with Gasteiger partial charge in [-0.15, -0.1) is 11.8 Å². The smallest absolute Gasteiger partial charge is 0.182 e. The lowest BCUT2D eigenvalue weighted by molar-refractivity contribution is 0.622. The zero-order valence-electron chi connectivity index (χ0n) is 10.5. The van der Waals surface area contributed by atoms with Crippen LogP contribution in [0, 0.1) is 14.2 Å². The van der Waals surface area contributed by atoms with E-state index in [9.17, 15) is 4.39 Å². The fourth-order valence-electron chi connectivity index (χ4n) is 2.09. The van der Waals surface area contributed by atoms with Gasteiger partial charge in [0.05, 0.1) is 14.6 Å². The molecule has 0 spiro atoms. The number of thioether (sulfide) groups is 1. The Morgan fingerprint density at radius 3 is 2.60 bits per heavy atom. The largest absolute Gasteiger partial charge is 0.330 e. The molecule has 102 valence electrons. The highest BCUT2D eigenvalue weighted by molar-refractivity contribution is 14.1. The van der Waals surface area contributed by atoms with Crippen molar-refractivity contribution in [2.24, 2.45) is 0 Å². The van der Waals surface area contributed by atoms with Crippen LogP contribution in [0.5, 0.6) is 0 Å². The van der Waals surface area contributed by atoms with Gasteiger partial charge in [-0.05, 0) is 71.4 Å². The third kappa shape index (κ3) is 2.40. The molecule has 0 bridgehead atoms. The maximum absolute atomic E-state index is 13.8. The SMILES string of the molecule is CSc1ccc(-n2c(=S)[nH]c3cc(I)c(F)cc32)cc1. The second-order valence-corrected chi connectivity index (χ2v) is 6.68. The molecule has 0 atom stereocenters. The Morgan fingerprint density at radius 2 is 1.95 bits per heavy atom.